The van der Waals surface area contributed by atoms with Gasteiger partial charge in [0.05, 0.1) is 16.8 Å². The van der Waals surface area contributed by atoms with Crippen LogP contribution in [0.1, 0.15) is 34.5 Å². The summed E-state index contributed by atoms with van der Waals surface area (Å²) in [6.07, 6.45) is -0.636. The second-order valence-electron chi connectivity index (χ2n) is 8.60. The first-order valence-corrected chi connectivity index (χ1v) is 13.1. The van der Waals surface area contributed by atoms with Crippen LogP contribution in [0.15, 0.2) is 67.0 Å². The highest BCUT2D eigenvalue weighted by Crippen LogP contribution is 2.35. The number of benzene rings is 2. The molecule has 4 aromatic rings. The molecule has 6 nitrogen and oxygen atoms in total. The number of carbonyl (C=O) groups excluding carboxylic acids is 1. The maximum Gasteiger partial charge on any atom is 0.416 e. The molecular weight excluding hydrogens is 556 g/mol. The number of rotatable bonds is 8. The van der Waals surface area contributed by atoms with Crippen LogP contribution in [0.25, 0.3) is 11.4 Å². The van der Waals surface area contributed by atoms with Gasteiger partial charge in [-0.1, -0.05) is 23.5 Å². The number of anilines is 2. The number of hydrogen-bond acceptors (Lipinski definition) is 5. The summed E-state index contributed by atoms with van der Waals surface area (Å²) in [5, 5.41) is 3.26. The average molecular weight is 579 g/mol. The highest BCUT2D eigenvalue weighted by Gasteiger charge is 2.32. The van der Waals surface area contributed by atoms with Crippen molar-refractivity contribution < 1.29 is 27.1 Å². The van der Waals surface area contributed by atoms with Crippen molar-refractivity contribution in [3.63, 3.8) is 0 Å². The lowest BCUT2D eigenvalue weighted by Gasteiger charge is -2.19. The monoisotopic (exact) mass is 578 g/mol. The fraction of sp³-hybridized carbons (Fsp3) is 0.185. The Kier molecular flexibility index (Phi) is 8.41. The highest BCUT2D eigenvalue weighted by molar-refractivity contribution is 7.99. The second-order valence-corrected chi connectivity index (χ2v) is 9.64. The zero-order chi connectivity index (χ0) is 28.3. The van der Waals surface area contributed by atoms with Crippen molar-refractivity contribution in [2.75, 3.05) is 16.3 Å². The molecule has 12 heteroatoms. The molecule has 0 fully saturated rings. The van der Waals surface area contributed by atoms with E-state index in [2.05, 4.69) is 15.0 Å². The van der Waals surface area contributed by atoms with E-state index in [1.54, 1.807) is 54.2 Å². The predicted octanol–water partition coefficient (Wildman–Crippen LogP) is 7.98. The SMILES string of the molecule is CSNc1cc(Cl)cc(NC(=O)c2cc(-c3ncccc3OC(C)c3cc(F)cc(C(F)(F)F)c3)n(C)c2)c1. The Hall–Kier alpha value is -3.70. The zero-order valence-corrected chi connectivity index (χ0v) is 22.5. The third-order valence-corrected chi connectivity index (χ3v) is 6.33. The normalized spacial score (nSPS) is 12.2. The number of nitrogens with one attached hydrogen (secondary N) is 2. The molecule has 0 aliphatic heterocycles. The van der Waals surface area contributed by atoms with Crippen molar-refractivity contribution in [1.29, 1.82) is 0 Å². The number of ether oxygens (including phenoxy) is 1. The van der Waals surface area contributed by atoms with Crippen molar-refractivity contribution in [3.05, 3.63) is 94.5 Å². The lowest BCUT2D eigenvalue weighted by molar-refractivity contribution is -0.137. The summed E-state index contributed by atoms with van der Waals surface area (Å²) >= 11 is 7.55. The first kappa shape index (κ1) is 28.3. The lowest BCUT2D eigenvalue weighted by Crippen LogP contribution is -2.11. The molecule has 0 bridgehead atoms. The van der Waals surface area contributed by atoms with Gasteiger partial charge in [-0.3, -0.25) is 9.78 Å². The molecule has 0 aliphatic rings. The minimum Gasteiger partial charge on any atom is -0.484 e. The molecule has 0 saturated heterocycles. The molecule has 0 saturated carbocycles. The Bertz CT molecular complexity index is 1510. The van der Waals surface area contributed by atoms with E-state index in [9.17, 15) is 22.4 Å². The Balaban J connectivity index is 1.59. The van der Waals surface area contributed by atoms with Crippen molar-refractivity contribution in [3.8, 4) is 17.1 Å². The van der Waals surface area contributed by atoms with E-state index in [1.807, 2.05) is 6.26 Å². The Morgan fingerprint density at radius 3 is 2.59 bits per heavy atom. The van der Waals surface area contributed by atoms with Gasteiger partial charge in [-0.2, -0.15) is 13.2 Å². The largest absolute Gasteiger partial charge is 0.484 e. The van der Waals surface area contributed by atoms with Crippen LogP contribution in [0, 0.1) is 5.82 Å². The Morgan fingerprint density at radius 1 is 1.13 bits per heavy atom. The van der Waals surface area contributed by atoms with Gasteiger partial charge in [0.1, 0.15) is 23.4 Å². The molecular formula is C27H23ClF4N4O2S. The number of hydrogen-bond donors (Lipinski definition) is 2. The predicted molar refractivity (Wildman–Crippen MR) is 146 cm³/mol. The number of pyridine rings is 1. The van der Waals surface area contributed by atoms with E-state index < -0.39 is 23.7 Å². The van der Waals surface area contributed by atoms with Crippen LogP contribution >= 0.6 is 23.5 Å². The van der Waals surface area contributed by atoms with Crippen molar-refractivity contribution >= 4 is 40.8 Å². The third kappa shape index (κ3) is 6.85. The summed E-state index contributed by atoms with van der Waals surface area (Å²) in [6, 6.07) is 12.2. The van der Waals surface area contributed by atoms with Crippen LogP contribution in [-0.2, 0) is 13.2 Å². The smallest absolute Gasteiger partial charge is 0.416 e. The number of halogens is 5. The number of aryl methyl sites for hydroxylation is 1. The van der Waals surface area contributed by atoms with Gasteiger partial charge in [0.2, 0.25) is 0 Å². The van der Waals surface area contributed by atoms with Crippen LogP contribution in [0.5, 0.6) is 5.75 Å². The van der Waals surface area contributed by atoms with Gasteiger partial charge in [0.15, 0.2) is 0 Å². The summed E-state index contributed by atoms with van der Waals surface area (Å²) in [5.41, 5.74) is 1.34. The van der Waals surface area contributed by atoms with Crippen LogP contribution in [-0.4, -0.2) is 21.7 Å². The van der Waals surface area contributed by atoms with Crippen LogP contribution < -0.4 is 14.8 Å². The minimum atomic E-state index is -4.70. The highest BCUT2D eigenvalue weighted by atomic mass is 35.5. The van der Waals surface area contributed by atoms with Gasteiger partial charge in [0, 0.05) is 42.1 Å². The zero-order valence-electron chi connectivity index (χ0n) is 20.9. The van der Waals surface area contributed by atoms with Crippen LogP contribution in [0.2, 0.25) is 5.02 Å². The maximum absolute atomic E-state index is 14.0. The minimum absolute atomic E-state index is 0.0147. The fourth-order valence-corrected chi connectivity index (χ4v) is 4.50. The molecule has 2 N–H and O–H groups in total. The topological polar surface area (TPSA) is 68.2 Å². The van der Waals surface area contributed by atoms with Gasteiger partial charge in [-0.25, -0.2) is 4.39 Å². The van der Waals surface area contributed by atoms with Gasteiger partial charge in [-0.15, -0.1) is 0 Å². The molecule has 39 heavy (non-hydrogen) atoms. The van der Waals surface area contributed by atoms with E-state index in [4.69, 9.17) is 16.3 Å². The maximum atomic E-state index is 14.0. The number of alkyl halides is 3. The van der Waals surface area contributed by atoms with Crippen molar-refractivity contribution in [2.45, 2.75) is 19.2 Å². The Labute approximate surface area is 231 Å². The van der Waals surface area contributed by atoms with E-state index in [0.29, 0.717) is 33.7 Å². The molecule has 0 radical (unpaired) electrons. The van der Waals surface area contributed by atoms with Crippen LogP contribution in [0.3, 0.4) is 0 Å². The van der Waals surface area contributed by atoms with Crippen LogP contribution in [0.4, 0.5) is 28.9 Å². The van der Waals surface area contributed by atoms with Gasteiger partial charge in [0.25, 0.3) is 5.91 Å². The molecule has 1 unspecified atom stereocenters. The Morgan fingerprint density at radius 2 is 1.87 bits per heavy atom. The number of amides is 1. The van der Waals surface area contributed by atoms with E-state index in [1.165, 1.54) is 25.1 Å². The summed E-state index contributed by atoms with van der Waals surface area (Å²) in [6.45, 7) is 1.51. The summed E-state index contributed by atoms with van der Waals surface area (Å²) < 4.78 is 64.2. The molecule has 2 aromatic heterocycles. The van der Waals surface area contributed by atoms with Crippen molar-refractivity contribution in [2.24, 2.45) is 7.05 Å². The second kappa shape index (κ2) is 11.6. The lowest BCUT2D eigenvalue weighted by atomic mass is 10.1. The molecule has 2 heterocycles. The van der Waals surface area contributed by atoms with Gasteiger partial charge in [-0.05, 0) is 67.1 Å². The summed E-state index contributed by atoms with van der Waals surface area (Å²) in [4.78, 5) is 17.4. The number of aromatic nitrogens is 2. The number of carbonyl (C=O) groups is 1. The first-order valence-electron chi connectivity index (χ1n) is 11.5. The van der Waals surface area contributed by atoms with Gasteiger partial charge >= 0.3 is 6.18 Å². The molecule has 204 valence electrons. The summed E-state index contributed by atoms with van der Waals surface area (Å²) in [5.74, 6) is -1.16. The fourth-order valence-electron chi connectivity index (χ4n) is 3.91. The molecule has 0 spiro atoms. The van der Waals surface area contributed by atoms with Gasteiger partial charge < -0.3 is 19.3 Å². The molecule has 2 aromatic carbocycles. The number of nitrogens with zero attached hydrogens (tertiary/aromatic N) is 2. The van der Waals surface area contributed by atoms with Crippen molar-refractivity contribution in [1.82, 2.24) is 9.55 Å². The standard InChI is InChI=1S/C27H23ClF4N4O2S/c1-15(16-7-18(27(30,31)32)10-20(29)8-16)38-24-5-4-6-33-25(24)23-9-17(14-36(23)2)26(37)34-21-11-19(28)12-22(13-21)35-39-3/h4-15,35H,1-3H3,(H,34,37). The molecule has 0 aliphatic carbocycles. The quantitative estimate of drug-likeness (QED) is 0.164. The molecule has 1 amide bonds. The third-order valence-electron chi connectivity index (χ3n) is 5.68. The van der Waals surface area contributed by atoms with E-state index in [0.717, 1.165) is 17.8 Å². The average Bonchev–Trinajstić information content (AvgIpc) is 3.25. The van der Waals surface area contributed by atoms with E-state index in [-0.39, 0.29) is 17.2 Å². The molecule has 4 rings (SSSR count). The first-order chi connectivity index (χ1) is 18.4. The molecule has 1 atom stereocenters. The summed E-state index contributed by atoms with van der Waals surface area (Å²) in [7, 11) is 1.72. The van der Waals surface area contributed by atoms with E-state index >= 15 is 0 Å².